The number of carbonyl (C=O) groups is 2. The van der Waals surface area contributed by atoms with Crippen LogP contribution in [0.5, 0.6) is 5.75 Å². The first kappa shape index (κ1) is 22.7. The van der Waals surface area contributed by atoms with Crippen LogP contribution in [0.2, 0.25) is 0 Å². The summed E-state index contributed by atoms with van der Waals surface area (Å²) in [5.41, 5.74) is 3.68. The van der Waals surface area contributed by atoms with Gasteiger partial charge in [0.2, 0.25) is 0 Å². The first-order chi connectivity index (χ1) is 15.8. The molecule has 2 aliphatic heterocycles. The molecule has 0 atom stereocenters. The second-order valence-electron chi connectivity index (χ2n) is 8.53. The van der Waals surface area contributed by atoms with E-state index in [-0.39, 0.29) is 11.4 Å². The number of aromatic nitrogens is 2. The predicted molar refractivity (Wildman–Crippen MR) is 123 cm³/mol. The maximum atomic E-state index is 13.1. The number of rotatable bonds is 7. The van der Waals surface area contributed by atoms with E-state index in [1.807, 2.05) is 13.0 Å². The largest absolute Gasteiger partial charge is 0.493 e. The number of fused-ring (bicyclic) bond motifs is 1. The van der Waals surface area contributed by atoms with Crippen LogP contribution in [0, 0.1) is 0 Å². The van der Waals surface area contributed by atoms with Crippen molar-refractivity contribution >= 4 is 29.5 Å². The van der Waals surface area contributed by atoms with Crippen LogP contribution in [-0.4, -0.2) is 53.3 Å². The minimum atomic E-state index is -0.358. The zero-order valence-electron chi connectivity index (χ0n) is 19.2. The molecule has 33 heavy (non-hydrogen) atoms. The van der Waals surface area contributed by atoms with Gasteiger partial charge in [-0.1, -0.05) is 6.08 Å². The molecule has 0 bridgehead atoms. The first-order valence-electron chi connectivity index (χ1n) is 10.8. The molecule has 2 aromatic rings. The summed E-state index contributed by atoms with van der Waals surface area (Å²) in [4.78, 5) is 29.0. The minimum Gasteiger partial charge on any atom is -0.493 e. The van der Waals surface area contributed by atoms with Crippen LogP contribution < -0.4 is 20.5 Å². The van der Waals surface area contributed by atoms with Crippen LogP contribution >= 0.6 is 0 Å². The molecule has 1 amide bonds. The van der Waals surface area contributed by atoms with E-state index in [0.29, 0.717) is 42.4 Å². The maximum Gasteiger partial charge on any atom is 0.322 e. The monoisotopic (exact) mass is 452 g/mol. The highest BCUT2D eigenvalue weighted by atomic mass is 16.7. The Bertz CT molecular complexity index is 1080. The molecule has 10 nitrogen and oxygen atoms in total. The van der Waals surface area contributed by atoms with Gasteiger partial charge in [-0.05, 0) is 56.5 Å². The number of amides is 1. The van der Waals surface area contributed by atoms with Crippen molar-refractivity contribution in [1.82, 2.24) is 20.5 Å². The maximum absolute atomic E-state index is 13.1. The SMILES string of the molecule is CCOc1cc2c(cc1C(=O)Nc1ccc(C3=CC(C)(C)NCC3)nn1)CN(C)N2OC=O. The summed E-state index contributed by atoms with van der Waals surface area (Å²) in [6.07, 6.45) is 3.03. The molecule has 174 valence electrons. The van der Waals surface area contributed by atoms with Crippen molar-refractivity contribution in [2.45, 2.75) is 39.3 Å². The van der Waals surface area contributed by atoms with Gasteiger partial charge in [0.25, 0.3) is 5.91 Å². The Morgan fingerprint density at radius 3 is 2.79 bits per heavy atom. The summed E-state index contributed by atoms with van der Waals surface area (Å²) < 4.78 is 5.70. The van der Waals surface area contributed by atoms with E-state index in [4.69, 9.17) is 9.57 Å². The zero-order valence-corrected chi connectivity index (χ0v) is 19.2. The van der Waals surface area contributed by atoms with Gasteiger partial charge in [-0.25, -0.2) is 0 Å². The molecule has 0 saturated carbocycles. The van der Waals surface area contributed by atoms with E-state index in [1.165, 1.54) is 5.17 Å². The third kappa shape index (κ3) is 4.81. The fourth-order valence-electron chi connectivity index (χ4n) is 4.08. The number of anilines is 2. The fraction of sp³-hybridized carbons (Fsp3) is 0.391. The Balaban J connectivity index is 1.55. The minimum absolute atomic E-state index is 0.0915. The molecular formula is C23H28N6O4. The van der Waals surface area contributed by atoms with E-state index in [9.17, 15) is 9.59 Å². The molecular weight excluding hydrogens is 424 g/mol. The highest BCUT2D eigenvalue weighted by Gasteiger charge is 2.30. The lowest BCUT2D eigenvalue weighted by Crippen LogP contribution is -2.41. The third-order valence-corrected chi connectivity index (χ3v) is 5.53. The van der Waals surface area contributed by atoms with Crippen molar-refractivity contribution < 1.29 is 19.2 Å². The second-order valence-corrected chi connectivity index (χ2v) is 8.53. The Morgan fingerprint density at radius 2 is 2.12 bits per heavy atom. The lowest BCUT2D eigenvalue weighted by Gasteiger charge is -2.28. The van der Waals surface area contributed by atoms with Gasteiger partial charge in [0.1, 0.15) is 11.4 Å². The van der Waals surface area contributed by atoms with Gasteiger partial charge in [0, 0.05) is 31.7 Å². The van der Waals surface area contributed by atoms with Gasteiger partial charge >= 0.3 is 6.47 Å². The van der Waals surface area contributed by atoms with E-state index < -0.39 is 0 Å². The summed E-state index contributed by atoms with van der Waals surface area (Å²) in [5.74, 6) is 0.377. The molecule has 10 heteroatoms. The molecule has 2 aliphatic rings. The van der Waals surface area contributed by atoms with E-state index in [2.05, 4.69) is 40.8 Å². The highest BCUT2D eigenvalue weighted by Crippen LogP contribution is 2.36. The van der Waals surface area contributed by atoms with Gasteiger partial charge in [-0.2, -0.15) is 5.01 Å². The lowest BCUT2D eigenvalue weighted by molar-refractivity contribution is -0.135. The number of benzene rings is 1. The Morgan fingerprint density at radius 1 is 1.30 bits per heavy atom. The van der Waals surface area contributed by atoms with Crippen molar-refractivity contribution in [3.63, 3.8) is 0 Å². The van der Waals surface area contributed by atoms with Crippen molar-refractivity contribution in [2.75, 3.05) is 30.7 Å². The molecule has 0 spiro atoms. The summed E-state index contributed by atoms with van der Waals surface area (Å²) in [7, 11) is 1.78. The molecule has 0 saturated heterocycles. The van der Waals surface area contributed by atoms with Crippen molar-refractivity contribution in [3.8, 4) is 5.75 Å². The molecule has 0 unspecified atom stereocenters. The summed E-state index contributed by atoms with van der Waals surface area (Å²) in [6.45, 7) is 8.15. The Hall–Kier alpha value is -3.50. The highest BCUT2D eigenvalue weighted by molar-refractivity contribution is 6.06. The zero-order chi connectivity index (χ0) is 23.6. The number of hydrogen-bond acceptors (Lipinski definition) is 9. The van der Waals surface area contributed by atoms with Crippen LogP contribution in [0.15, 0.2) is 30.3 Å². The smallest absolute Gasteiger partial charge is 0.322 e. The van der Waals surface area contributed by atoms with Gasteiger partial charge in [0.15, 0.2) is 5.82 Å². The molecule has 1 aromatic heterocycles. The van der Waals surface area contributed by atoms with Crippen LogP contribution in [-0.2, 0) is 16.2 Å². The lowest BCUT2D eigenvalue weighted by atomic mass is 9.93. The first-order valence-corrected chi connectivity index (χ1v) is 10.8. The Labute approximate surface area is 192 Å². The average molecular weight is 453 g/mol. The number of nitrogens with one attached hydrogen (secondary N) is 2. The summed E-state index contributed by atoms with van der Waals surface area (Å²) in [6, 6.07) is 7.05. The molecule has 2 N–H and O–H groups in total. The molecule has 1 aromatic carbocycles. The van der Waals surface area contributed by atoms with Gasteiger partial charge in [-0.15, -0.1) is 15.4 Å². The molecule has 0 aliphatic carbocycles. The van der Waals surface area contributed by atoms with E-state index >= 15 is 0 Å². The topological polar surface area (TPSA) is 109 Å². The van der Waals surface area contributed by atoms with Gasteiger partial charge in [0.05, 0.1) is 17.9 Å². The quantitative estimate of drug-likeness (QED) is 0.613. The molecule has 3 heterocycles. The Kier molecular flexibility index (Phi) is 6.30. The fourth-order valence-corrected chi connectivity index (χ4v) is 4.08. The van der Waals surface area contributed by atoms with Crippen molar-refractivity contribution in [2.24, 2.45) is 0 Å². The predicted octanol–water partition coefficient (Wildman–Crippen LogP) is 2.54. The van der Waals surface area contributed by atoms with Gasteiger partial charge in [-0.3, -0.25) is 9.59 Å². The normalized spacial score (nSPS) is 17.2. The van der Waals surface area contributed by atoms with Crippen LogP contribution in [0.3, 0.4) is 0 Å². The van der Waals surface area contributed by atoms with E-state index in [0.717, 1.165) is 29.8 Å². The number of hydrogen-bond donors (Lipinski definition) is 2. The average Bonchev–Trinajstić information content (AvgIpc) is 3.08. The summed E-state index contributed by atoms with van der Waals surface area (Å²) in [5, 5.41) is 17.8. The van der Waals surface area contributed by atoms with Crippen molar-refractivity contribution in [3.05, 3.63) is 47.2 Å². The van der Waals surface area contributed by atoms with Crippen LogP contribution in [0.1, 0.15) is 48.8 Å². The number of carbonyl (C=O) groups excluding carboxylic acids is 2. The molecule has 0 fully saturated rings. The van der Waals surface area contributed by atoms with Crippen LogP contribution in [0.4, 0.5) is 11.5 Å². The summed E-state index contributed by atoms with van der Waals surface area (Å²) >= 11 is 0. The third-order valence-electron chi connectivity index (χ3n) is 5.53. The van der Waals surface area contributed by atoms with Crippen molar-refractivity contribution in [1.29, 1.82) is 0 Å². The number of ether oxygens (including phenoxy) is 1. The second kappa shape index (κ2) is 9.16. The van der Waals surface area contributed by atoms with Crippen LogP contribution in [0.25, 0.3) is 5.57 Å². The number of nitrogens with zero attached hydrogens (tertiary/aromatic N) is 4. The standard InChI is InChI=1S/C23H28N6O4/c1-5-32-20-11-19-16(13-28(4)29(19)33-14-30)10-17(20)22(31)25-21-7-6-18(26-27-21)15-8-9-24-23(2,3)12-15/h6-7,10-12,14,24H,5,8-9,13H2,1-4H3,(H,25,27,31). The van der Waals surface area contributed by atoms with Gasteiger partial charge < -0.3 is 20.2 Å². The number of hydrazine groups is 1. The van der Waals surface area contributed by atoms with E-state index in [1.54, 1.807) is 30.3 Å². The molecule has 0 radical (unpaired) electrons. The molecule has 4 rings (SSSR count).